The van der Waals surface area contributed by atoms with Gasteiger partial charge in [-0.05, 0) is 31.9 Å². The molecule has 0 bridgehead atoms. The quantitative estimate of drug-likeness (QED) is 0.570. The SMILES string of the molecule is CC[C@@]1(C)NC(=O)N(CC(=O)OCc2nc3ccccc3c(C)c2C(=O)OC)C1=O. The second kappa shape index (κ2) is 8.10. The smallest absolute Gasteiger partial charge is 0.340 e. The number of rotatable bonds is 6. The summed E-state index contributed by atoms with van der Waals surface area (Å²) in [7, 11) is 1.26. The van der Waals surface area contributed by atoms with Gasteiger partial charge in [-0.1, -0.05) is 25.1 Å². The van der Waals surface area contributed by atoms with Crippen LogP contribution in [0.5, 0.6) is 0 Å². The number of methoxy groups -OCH3 is 1. The summed E-state index contributed by atoms with van der Waals surface area (Å²) < 4.78 is 10.1. The molecule has 1 aliphatic rings. The molecule has 30 heavy (non-hydrogen) atoms. The van der Waals surface area contributed by atoms with Crippen molar-refractivity contribution in [2.24, 2.45) is 0 Å². The lowest BCUT2D eigenvalue weighted by Crippen LogP contribution is -2.43. The van der Waals surface area contributed by atoms with Crippen LogP contribution in [-0.4, -0.2) is 53.0 Å². The second-order valence-corrected chi connectivity index (χ2v) is 7.24. The molecule has 0 unspecified atom stereocenters. The van der Waals surface area contributed by atoms with E-state index in [-0.39, 0.29) is 17.9 Å². The first kappa shape index (κ1) is 21.2. The van der Waals surface area contributed by atoms with Crippen molar-refractivity contribution in [3.05, 3.63) is 41.1 Å². The number of imide groups is 1. The van der Waals surface area contributed by atoms with Crippen LogP contribution in [-0.2, 0) is 25.7 Å². The van der Waals surface area contributed by atoms with Crippen LogP contribution in [0.25, 0.3) is 10.9 Å². The zero-order valence-electron chi connectivity index (χ0n) is 17.3. The Morgan fingerprint density at radius 3 is 2.57 bits per heavy atom. The number of esters is 2. The van der Waals surface area contributed by atoms with Gasteiger partial charge in [0.1, 0.15) is 18.7 Å². The summed E-state index contributed by atoms with van der Waals surface area (Å²) in [5.74, 6) is -1.87. The Balaban J connectivity index is 1.80. The lowest BCUT2D eigenvalue weighted by molar-refractivity contribution is -0.148. The van der Waals surface area contributed by atoms with E-state index < -0.39 is 36.0 Å². The molecule has 1 saturated heterocycles. The second-order valence-electron chi connectivity index (χ2n) is 7.24. The number of aryl methyl sites for hydroxylation is 1. The van der Waals surface area contributed by atoms with Crippen LogP contribution in [0.3, 0.4) is 0 Å². The largest absolute Gasteiger partial charge is 0.465 e. The molecule has 3 rings (SSSR count). The number of hydrogen-bond acceptors (Lipinski definition) is 7. The number of benzene rings is 1. The third kappa shape index (κ3) is 3.70. The molecule has 1 aromatic heterocycles. The summed E-state index contributed by atoms with van der Waals surface area (Å²) in [6, 6.07) is 6.62. The van der Waals surface area contributed by atoms with Crippen molar-refractivity contribution in [3.63, 3.8) is 0 Å². The predicted octanol–water partition coefficient (Wildman–Crippen LogP) is 2.09. The predicted molar refractivity (Wildman–Crippen MR) is 107 cm³/mol. The minimum absolute atomic E-state index is 0.220. The Kier molecular flexibility index (Phi) is 5.73. The third-order valence-corrected chi connectivity index (χ3v) is 5.33. The number of carbonyl (C=O) groups excluding carboxylic acids is 4. The molecule has 2 heterocycles. The summed E-state index contributed by atoms with van der Waals surface area (Å²) in [6.07, 6.45) is 0.395. The zero-order valence-corrected chi connectivity index (χ0v) is 17.3. The summed E-state index contributed by atoms with van der Waals surface area (Å²) in [6.45, 7) is 4.30. The minimum Gasteiger partial charge on any atom is -0.465 e. The van der Waals surface area contributed by atoms with E-state index >= 15 is 0 Å². The number of pyridine rings is 1. The molecule has 0 aliphatic carbocycles. The number of aromatic nitrogens is 1. The lowest BCUT2D eigenvalue weighted by Gasteiger charge is -2.19. The standard InChI is InChI=1S/C21H23N3O6/c1-5-21(3)19(27)24(20(28)23-21)10-16(25)30-11-15-17(18(26)29-4)12(2)13-8-6-7-9-14(13)22-15/h6-9H,5,10-11H2,1-4H3,(H,23,28)/t21-/m1/s1. The van der Waals surface area contributed by atoms with Crippen LogP contribution < -0.4 is 5.32 Å². The fraction of sp³-hybridized carbons (Fsp3) is 0.381. The molecule has 1 aliphatic heterocycles. The van der Waals surface area contributed by atoms with Gasteiger partial charge in [-0.2, -0.15) is 0 Å². The molecule has 1 atom stereocenters. The molecule has 2 aromatic rings. The van der Waals surface area contributed by atoms with Gasteiger partial charge in [-0.15, -0.1) is 0 Å². The van der Waals surface area contributed by atoms with Gasteiger partial charge < -0.3 is 14.8 Å². The molecule has 0 radical (unpaired) electrons. The van der Waals surface area contributed by atoms with Crippen LogP contribution in [0, 0.1) is 6.92 Å². The van der Waals surface area contributed by atoms with Gasteiger partial charge in [0.05, 0.1) is 23.9 Å². The fourth-order valence-corrected chi connectivity index (χ4v) is 3.37. The molecule has 9 heteroatoms. The summed E-state index contributed by atoms with van der Waals surface area (Å²) in [5, 5.41) is 3.36. The maximum absolute atomic E-state index is 12.4. The van der Waals surface area contributed by atoms with Gasteiger partial charge in [0.25, 0.3) is 5.91 Å². The molecule has 0 spiro atoms. The topological polar surface area (TPSA) is 115 Å². The number of carbonyl (C=O) groups is 4. The van der Waals surface area contributed by atoms with Crippen molar-refractivity contribution >= 4 is 34.8 Å². The van der Waals surface area contributed by atoms with Gasteiger partial charge in [0.15, 0.2) is 0 Å². The van der Waals surface area contributed by atoms with Crippen LogP contribution >= 0.6 is 0 Å². The van der Waals surface area contributed by atoms with E-state index in [1.54, 1.807) is 26.8 Å². The van der Waals surface area contributed by atoms with Crippen molar-refractivity contribution in [2.75, 3.05) is 13.7 Å². The van der Waals surface area contributed by atoms with Gasteiger partial charge in [0.2, 0.25) is 0 Å². The van der Waals surface area contributed by atoms with E-state index in [1.807, 2.05) is 18.2 Å². The van der Waals surface area contributed by atoms with E-state index in [0.717, 1.165) is 10.3 Å². The highest BCUT2D eigenvalue weighted by Crippen LogP contribution is 2.24. The number of nitrogens with zero attached hydrogens (tertiary/aromatic N) is 2. The zero-order chi connectivity index (χ0) is 22.1. The highest BCUT2D eigenvalue weighted by atomic mass is 16.5. The van der Waals surface area contributed by atoms with Gasteiger partial charge >= 0.3 is 18.0 Å². The molecule has 1 fully saturated rings. The monoisotopic (exact) mass is 413 g/mol. The summed E-state index contributed by atoms with van der Waals surface area (Å²) in [4.78, 5) is 54.4. The first-order valence-electron chi connectivity index (χ1n) is 9.48. The Hall–Kier alpha value is -3.49. The number of nitrogens with one attached hydrogen (secondary N) is 1. The molecular weight excluding hydrogens is 390 g/mol. The van der Waals surface area contributed by atoms with Crippen LogP contribution in [0.2, 0.25) is 0 Å². The van der Waals surface area contributed by atoms with E-state index in [2.05, 4.69) is 10.3 Å². The molecule has 3 amide bonds. The normalized spacial score (nSPS) is 18.5. The van der Waals surface area contributed by atoms with Crippen LogP contribution in [0.4, 0.5) is 4.79 Å². The number of hydrogen-bond donors (Lipinski definition) is 1. The molecule has 0 saturated carbocycles. The van der Waals surface area contributed by atoms with E-state index in [4.69, 9.17) is 9.47 Å². The van der Waals surface area contributed by atoms with Crippen LogP contribution in [0.15, 0.2) is 24.3 Å². The summed E-state index contributed by atoms with van der Waals surface area (Å²) >= 11 is 0. The maximum atomic E-state index is 12.4. The van der Waals surface area contributed by atoms with Crippen molar-refractivity contribution in [3.8, 4) is 0 Å². The van der Waals surface area contributed by atoms with Crippen molar-refractivity contribution in [2.45, 2.75) is 39.3 Å². The molecule has 1 aromatic carbocycles. The highest BCUT2D eigenvalue weighted by molar-refractivity contribution is 6.08. The molecular formula is C21H23N3O6. The van der Waals surface area contributed by atoms with E-state index in [9.17, 15) is 19.2 Å². The highest BCUT2D eigenvalue weighted by Gasteiger charge is 2.47. The van der Waals surface area contributed by atoms with Gasteiger partial charge in [0, 0.05) is 5.39 Å². The van der Waals surface area contributed by atoms with Crippen LogP contribution in [0.1, 0.15) is 41.9 Å². The Bertz CT molecular complexity index is 1050. The van der Waals surface area contributed by atoms with Crippen molar-refractivity contribution in [1.82, 2.24) is 15.2 Å². The Morgan fingerprint density at radius 2 is 1.93 bits per heavy atom. The lowest BCUT2D eigenvalue weighted by atomic mass is 9.99. The number of amides is 3. The van der Waals surface area contributed by atoms with Gasteiger partial charge in [-0.3, -0.25) is 14.5 Å². The Labute approximate surface area is 173 Å². The number of urea groups is 1. The number of fused-ring (bicyclic) bond motifs is 1. The van der Waals surface area contributed by atoms with E-state index in [0.29, 0.717) is 17.5 Å². The fourth-order valence-electron chi connectivity index (χ4n) is 3.37. The summed E-state index contributed by atoms with van der Waals surface area (Å²) in [5.41, 5.74) is 0.722. The number of para-hydroxylation sites is 1. The maximum Gasteiger partial charge on any atom is 0.340 e. The number of ether oxygens (including phenoxy) is 2. The van der Waals surface area contributed by atoms with E-state index in [1.165, 1.54) is 7.11 Å². The first-order valence-corrected chi connectivity index (χ1v) is 9.48. The Morgan fingerprint density at radius 1 is 1.23 bits per heavy atom. The minimum atomic E-state index is -1.04. The average Bonchev–Trinajstić information content (AvgIpc) is 2.95. The average molecular weight is 413 g/mol. The van der Waals surface area contributed by atoms with Gasteiger partial charge in [-0.25, -0.2) is 14.6 Å². The molecule has 158 valence electrons. The third-order valence-electron chi connectivity index (χ3n) is 5.33. The molecule has 9 nitrogen and oxygen atoms in total. The first-order chi connectivity index (χ1) is 14.2. The molecule has 1 N–H and O–H groups in total. The van der Waals surface area contributed by atoms with Crippen molar-refractivity contribution < 1.29 is 28.7 Å². The van der Waals surface area contributed by atoms with Crippen molar-refractivity contribution in [1.29, 1.82) is 0 Å².